The largest absolute Gasteiger partial charge is 0.356 e. The summed E-state index contributed by atoms with van der Waals surface area (Å²) in [5, 5.41) is 2.99. The van der Waals surface area contributed by atoms with Gasteiger partial charge in [0.1, 0.15) is 0 Å². The van der Waals surface area contributed by atoms with E-state index in [1.165, 1.54) is 24.2 Å². The van der Waals surface area contributed by atoms with Crippen LogP contribution in [0, 0.1) is 5.92 Å². The molecule has 2 rings (SSSR count). The second kappa shape index (κ2) is 6.14. The third kappa shape index (κ3) is 3.42. The Kier molecular flexibility index (Phi) is 4.53. The van der Waals surface area contributed by atoms with Gasteiger partial charge in [-0.05, 0) is 38.3 Å². The molecule has 3 nitrogen and oxygen atoms in total. The van der Waals surface area contributed by atoms with Gasteiger partial charge in [-0.1, -0.05) is 12.8 Å². The van der Waals surface area contributed by atoms with Gasteiger partial charge in [-0.3, -0.25) is 9.59 Å². The predicted molar refractivity (Wildman–Crippen MR) is 73.0 cm³/mol. The van der Waals surface area contributed by atoms with Gasteiger partial charge in [0.2, 0.25) is 5.91 Å². The highest BCUT2D eigenvalue weighted by Crippen LogP contribution is 2.24. The number of carbonyl (C=O) groups excluding carboxylic acids is 2. The summed E-state index contributed by atoms with van der Waals surface area (Å²) in [4.78, 5) is 24.9. The molecule has 0 unspecified atom stereocenters. The van der Waals surface area contributed by atoms with Crippen LogP contribution in [0.15, 0.2) is 12.1 Å². The maximum atomic E-state index is 11.8. The van der Waals surface area contributed by atoms with Gasteiger partial charge in [0.05, 0.1) is 4.88 Å². The Hall–Kier alpha value is -1.16. The first-order valence-electron chi connectivity index (χ1n) is 6.54. The van der Waals surface area contributed by atoms with Crippen molar-refractivity contribution in [2.45, 2.75) is 39.0 Å². The van der Waals surface area contributed by atoms with Crippen LogP contribution in [0.1, 0.15) is 47.2 Å². The fraction of sp³-hybridized carbons (Fsp3) is 0.571. The van der Waals surface area contributed by atoms with Crippen LogP contribution >= 0.6 is 11.3 Å². The molecule has 1 saturated carbocycles. The summed E-state index contributed by atoms with van der Waals surface area (Å²) in [7, 11) is 0. The van der Waals surface area contributed by atoms with Crippen LogP contribution in [0.2, 0.25) is 0 Å². The Morgan fingerprint density at radius 3 is 2.67 bits per heavy atom. The Morgan fingerprint density at radius 1 is 1.33 bits per heavy atom. The van der Waals surface area contributed by atoms with E-state index in [1.807, 2.05) is 12.1 Å². The van der Waals surface area contributed by atoms with Gasteiger partial charge < -0.3 is 5.32 Å². The third-order valence-electron chi connectivity index (χ3n) is 3.41. The molecule has 1 aliphatic carbocycles. The second-order valence-electron chi connectivity index (χ2n) is 4.84. The summed E-state index contributed by atoms with van der Waals surface area (Å²) in [5.41, 5.74) is 0. The van der Waals surface area contributed by atoms with Crippen molar-refractivity contribution in [1.82, 2.24) is 5.32 Å². The maximum absolute atomic E-state index is 11.8. The summed E-state index contributed by atoms with van der Waals surface area (Å²) in [5.74, 6) is 0.554. The van der Waals surface area contributed by atoms with Crippen molar-refractivity contribution >= 4 is 23.0 Å². The standard InChI is InChI=1S/C14H19NO2S/c1-10(16)13-7-6-12(18-13)8-9-15-14(17)11-4-2-3-5-11/h6-7,11H,2-5,8-9H2,1H3,(H,15,17). The molecule has 1 aromatic heterocycles. The minimum Gasteiger partial charge on any atom is -0.356 e. The van der Waals surface area contributed by atoms with Crippen molar-refractivity contribution in [2.75, 3.05) is 6.54 Å². The lowest BCUT2D eigenvalue weighted by atomic mass is 10.1. The van der Waals surface area contributed by atoms with Crippen LogP contribution in [-0.2, 0) is 11.2 Å². The van der Waals surface area contributed by atoms with Crippen LogP contribution in [-0.4, -0.2) is 18.2 Å². The maximum Gasteiger partial charge on any atom is 0.223 e. The number of Topliss-reactive ketones (excluding diaryl/α,β-unsaturated/α-hetero) is 1. The lowest BCUT2D eigenvalue weighted by molar-refractivity contribution is -0.124. The van der Waals surface area contributed by atoms with E-state index in [0.29, 0.717) is 6.54 Å². The SMILES string of the molecule is CC(=O)c1ccc(CCNC(=O)C2CCCC2)s1. The predicted octanol–water partition coefficient (Wildman–Crippen LogP) is 2.80. The van der Waals surface area contributed by atoms with Crippen molar-refractivity contribution in [3.05, 3.63) is 21.9 Å². The van der Waals surface area contributed by atoms with E-state index in [-0.39, 0.29) is 17.6 Å². The number of nitrogens with one attached hydrogen (secondary N) is 1. The Balaban J connectivity index is 1.74. The number of carbonyl (C=O) groups is 2. The molecule has 1 heterocycles. The molecule has 1 aromatic rings. The zero-order valence-electron chi connectivity index (χ0n) is 10.7. The summed E-state index contributed by atoms with van der Waals surface area (Å²) in [6, 6.07) is 3.84. The van der Waals surface area contributed by atoms with Gasteiger partial charge in [0, 0.05) is 17.3 Å². The van der Waals surface area contributed by atoms with Crippen LogP contribution in [0.4, 0.5) is 0 Å². The number of hydrogen-bond acceptors (Lipinski definition) is 3. The van der Waals surface area contributed by atoms with Crippen LogP contribution in [0.25, 0.3) is 0 Å². The molecular weight excluding hydrogens is 246 g/mol. The highest BCUT2D eigenvalue weighted by atomic mass is 32.1. The number of thiophene rings is 1. The zero-order chi connectivity index (χ0) is 13.0. The van der Waals surface area contributed by atoms with Crippen molar-refractivity contribution in [1.29, 1.82) is 0 Å². The average molecular weight is 265 g/mol. The van der Waals surface area contributed by atoms with Crippen LogP contribution in [0.3, 0.4) is 0 Å². The fourth-order valence-electron chi connectivity index (χ4n) is 2.34. The molecule has 0 spiro atoms. The normalized spacial score (nSPS) is 15.8. The molecule has 1 aliphatic rings. The van der Waals surface area contributed by atoms with E-state index in [2.05, 4.69) is 5.32 Å². The van der Waals surface area contributed by atoms with Gasteiger partial charge in [-0.2, -0.15) is 0 Å². The molecule has 98 valence electrons. The Bertz CT molecular complexity index is 433. The van der Waals surface area contributed by atoms with Crippen LogP contribution < -0.4 is 5.32 Å². The number of hydrogen-bond donors (Lipinski definition) is 1. The first-order chi connectivity index (χ1) is 8.66. The first-order valence-corrected chi connectivity index (χ1v) is 7.36. The molecule has 0 atom stereocenters. The highest BCUT2D eigenvalue weighted by molar-refractivity contribution is 7.14. The van der Waals surface area contributed by atoms with E-state index in [9.17, 15) is 9.59 Å². The van der Waals surface area contributed by atoms with E-state index >= 15 is 0 Å². The fourth-order valence-corrected chi connectivity index (χ4v) is 3.25. The third-order valence-corrected chi connectivity index (χ3v) is 4.65. The van der Waals surface area contributed by atoms with Gasteiger partial charge >= 0.3 is 0 Å². The van der Waals surface area contributed by atoms with Gasteiger partial charge in [0.15, 0.2) is 5.78 Å². The smallest absolute Gasteiger partial charge is 0.223 e. The molecule has 1 amide bonds. The molecular formula is C14H19NO2S. The first kappa shape index (κ1) is 13.3. The minimum atomic E-state index is 0.112. The van der Waals surface area contributed by atoms with Crippen molar-refractivity contribution in [3.8, 4) is 0 Å². The summed E-state index contributed by atoms with van der Waals surface area (Å²) in [6.07, 6.45) is 5.27. The number of ketones is 1. The van der Waals surface area contributed by atoms with Crippen molar-refractivity contribution < 1.29 is 9.59 Å². The molecule has 1 N–H and O–H groups in total. The van der Waals surface area contributed by atoms with Gasteiger partial charge in [-0.25, -0.2) is 0 Å². The lowest BCUT2D eigenvalue weighted by Crippen LogP contribution is -2.30. The number of amides is 1. The van der Waals surface area contributed by atoms with Crippen molar-refractivity contribution in [2.24, 2.45) is 5.92 Å². The summed E-state index contributed by atoms with van der Waals surface area (Å²) >= 11 is 1.52. The molecule has 0 radical (unpaired) electrons. The van der Waals surface area contributed by atoms with E-state index in [1.54, 1.807) is 6.92 Å². The van der Waals surface area contributed by atoms with Gasteiger partial charge in [0.25, 0.3) is 0 Å². The summed E-state index contributed by atoms with van der Waals surface area (Å²) in [6.45, 7) is 2.25. The Labute approximate surface area is 112 Å². The molecule has 4 heteroatoms. The molecule has 0 bridgehead atoms. The second-order valence-corrected chi connectivity index (χ2v) is 6.01. The minimum absolute atomic E-state index is 0.112. The van der Waals surface area contributed by atoms with Crippen molar-refractivity contribution in [3.63, 3.8) is 0 Å². The van der Waals surface area contributed by atoms with E-state index in [0.717, 1.165) is 29.0 Å². The Morgan fingerprint density at radius 2 is 2.06 bits per heavy atom. The number of rotatable bonds is 5. The molecule has 18 heavy (non-hydrogen) atoms. The molecule has 0 aliphatic heterocycles. The topological polar surface area (TPSA) is 46.2 Å². The average Bonchev–Trinajstić information content (AvgIpc) is 3.00. The molecule has 0 saturated heterocycles. The molecule has 0 aromatic carbocycles. The van der Waals surface area contributed by atoms with E-state index < -0.39 is 0 Å². The molecule has 1 fully saturated rings. The van der Waals surface area contributed by atoms with E-state index in [4.69, 9.17) is 0 Å². The summed E-state index contributed by atoms with van der Waals surface area (Å²) < 4.78 is 0. The highest BCUT2D eigenvalue weighted by Gasteiger charge is 2.21. The monoisotopic (exact) mass is 265 g/mol. The quantitative estimate of drug-likeness (QED) is 0.832. The van der Waals surface area contributed by atoms with Crippen LogP contribution in [0.5, 0.6) is 0 Å². The lowest BCUT2D eigenvalue weighted by Gasteiger charge is -2.09. The zero-order valence-corrected chi connectivity index (χ0v) is 11.5. The van der Waals surface area contributed by atoms with Gasteiger partial charge in [-0.15, -0.1) is 11.3 Å².